The summed E-state index contributed by atoms with van der Waals surface area (Å²) in [5, 5.41) is 10.3. The fourth-order valence-electron chi connectivity index (χ4n) is 2.90. The van der Waals surface area contributed by atoms with E-state index in [-0.39, 0.29) is 23.2 Å². The van der Waals surface area contributed by atoms with Crippen LogP contribution < -0.4 is 5.56 Å². The topological polar surface area (TPSA) is 66.1 Å². The molecular weight excluding hydrogens is 330 g/mol. The Morgan fingerprint density at radius 2 is 2.13 bits per heavy atom. The third kappa shape index (κ3) is 2.51. The molecule has 116 valence electrons. The van der Waals surface area contributed by atoms with E-state index in [2.05, 4.69) is 27.7 Å². The lowest BCUT2D eigenvalue weighted by Gasteiger charge is -2.35. The third-order valence-corrected chi connectivity index (χ3v) is 5.86. The molecule has 4 rings (SSSR count). The normalized spacial score (nSPS) is 17.0. The van der Waals surface area contributed by atoms with Crippen molar-refractivity contribution in [2.45, 2.75) is 12.5 Å². The molecule has 7 heteroatoms. The van der Waals surface area contributed by atoms with Crippen LogP contribution in [-0.2, 0) is 6.42 Å². The first-order valence-electron chi connectivity index (χ1n) is 7.20. The minimum absolute atomic E-state index is 0.0776. The second-order valence-electron chi connectivity index (χ2n) is 5.27. The number of thiophene rings is 2. The van der Waals surface area contributed by atoms with Crippen LogP contribution in [0, 0.1) is 0 Å². The highest BCUT2D eigenvalue weighted by Crippen LogP contribution is 2.39. The van der Waals surface area contributed by atoms with Crippen molar-refractivity contribution in [1.29, 1.82) is 0 Å². The van der Waals surface area contributed by atoms with E-state index < -0.39 is 0 Å². The Balaban J connectivity index is 1.76. The van der Waals surface area contributed by atoms with Crippen LogP contribution in [0.3, 0.4) is 0 Å². The number of nitrogens with zero attached hydrogens (tertiary/aromatic N) is 2. The fourth-order valence-corrected chi connectivity index (χ4v) is 4.66. The summed E-state index contributed by atoms with van der Waals surface area (Å²) >= 11 is 3.39. The van der Waals surface area contributed by atoms with Crippen molar-refractivity contribution >= 4 is 28.6 Å². The number of hydrogen-bond donors (Lipinski definition) is 1. The summed E-state index contributed by atoms with van der Waals surface area (Å²) < 4.78 is 0. The molecule has 3 aromatic rings. The molecule has 23 heavy (non-hydrogen) atoms. The molecule has 3 aromatic heterocycles. The number of fused-ring (bicyclic) bond motifs is 1. The summed E-state index contributed by atoms with van der Waals surface area (Å²) in [5.41, 5.74) is 1.15. The van der Waals surface area contributed by atoms with Crippen molar-refractivity contribution in [2.24, 2.45) is 0 Å². The fraction of sp³-hybridized carbons (Fsp3) is 0.188. The monoisotopic (exact) mass is 343 g/mol. The van der Waals surface area contributed by atoms with Crippen LogP contribution in [0.15, 0.2) is 45.9 Å². The molecule has 0 aliphatic carbocycles. The Labute approximate surface area is 140 Å². The van der Waals surface area contributed by atoms with Crippen LogP contribution >= 0.6 is 22.7 Å². The number of aromatic amines is 1. The smallest absolute Gasteiger partial charge is 0.275 e. The second-order valence-corrected chi connectivity index (χ2v) is 7.25. The van der Waals surface area contributed by atoms with E-state index in [1.54, 1.807) is 22.7 Å². The van der Waals surface area contributed by atoms with Gasteiger partial charge in [-0.15, -0.1) is 22.7 Å². The highest BCUT2D eigenvalue weighted by atomic mass is 32.1. The number of carbonyl (C=O) groups excluding carboxylic acids is 1. The van der Waals surface area contributed by atoms with Gasteiger partial charge in [0.25, 0.3) is 11.5 Å². The van der Waals surface area contributed by atoms with Gasteiger partial charge in [0, 0.05) is 22.4 Å². The molecule has 1 aliphatic heterocycles. The Morgan fingerprint density at radius 1 is 1.22 bits per heavy atom. The first kappa shape index (κ1) is 14.3. The SMILES string of the molecule is O=C(c1ccc(=O)[nH]n1)N1CCc2sccc2C1c1cccs1. The Bertz CT molecular complexity index is 878. The first-order valence-corrected chi connectivity index (χ1v) is 8.96. The van der Waals surface area contributed by atoms with Gasteiger partial charge in [-0.3, -0.25) is 9.59 Å². The van der Waals surface area contributed by atoms with Gasteiger partial charge in [0.2, 0.25) is 0 Å². The molecule has 1 aliphatic rings. The lowest BCUT2D eigenvalue weighted by atomic mass is 9.98. The van der Waals surface area contributed by atoms with Gasteiger partial charge in [0.1, 0.15) is 5.69 Å². The molecule has 1 N–H and O–H groups in total. The molecule has 5 nitrogen and oxygen atoms in total. The average Bonchev–Trinajstić information content (AvgIpc) is 3.25. The molecular formula is C16H13N3O2S2. The Morgan fingerprint density at radius 3 is 2.87 bits per heavy atom. The van der Waals surface area contributed by atoms with E-state index in [4.69, 9.17) is 0 Å². The maximum atomic E-state index is 12.9. The predicted octanol–water partition coefficient (Wildman–Crippen LogP) is 2.68. The molecule has 1 amide bonds. The molecule has 0 bridgehead atoms. The number of aromatic nitrogens is 2. The molecule has 0 saturated carbocycles. The van der Waals surface area contributed by atoms with E-state index in [9.17, 15) is 9.59 Å². The zero-order valence-corrected chi connectivity index (χ0v) is 13.7. The summed E-state index contributed by atoms with van der Waals surface area (Å²) in [4.78, 5) is 28.4. The summed E-state index contributed by atoms with van der Waals surface area (Å²) in [6.45, 7) is 0.649. The number of H-pyrrole nitrogens is 1. The van der Waals surface area contributed by atoms with E-state index in [0.717, 1.165) is 11.3 Å². The molecule has 0 spiro atoms. The van der Waals surface area contributed by atoms with Gasteiger partial charge in [-0.25, -0.2) is 5.10 Å². The van der Waals surface area contributed by atoms with Gasteiger partial charge in [-0.05, 0) is 40.9 Å². The number of hydrogen-bond acceptors (Lipinski definition) is 5. The number of rotatable bonds is 2. The summed E-state index contributed by atoms with van der Waals surface area (Å²) in [7, 11) is 0. The summed E-state index contributed by atoms with van der Waals surface area (Å²) in [6, 6.07) is 8.90. The van der Waals surface area contributed by atoms with E-state index >= 15 is 0 Å². The molecule has 4 heterocycles. The Hall–Kier alpha value is -2.25. The molecule has 0 aromatic carbocycles. The van der Waals surface area contributed by atoms with Gasteiger partial charge in [0.05, 0.1) is 6.04 Å². The van der Waals surface area contributed by atoms with Crippen molar-refractivity contribution in [3.8, 4) is 0 Å². The van der Waals surface area contributed by atoms with Crippen molar-refractivity contribution in [3.63, 3.8) is 0 Å². The van der Waals surface area contributed by atoms with E-state index in [1.807, 2.05) is 16.3 Å². The van der Waals surface area contributed by atoms with Crippen LogP contribution in [0.1, 0.15) is 31.8 Å². The summed E-state index contributed by atoms with van der Waals surface area (Å²) in [5.74, 6) is -0.156. The van der Waals surface area contributed by atoms with Crippen LogP contribution in [0.5, 0.6) is 0 Å². The molecule has 0 radical (unpaired) electrons. The quantitative estimate of drug-likeness (QED) is 0.778. The summed E-state index contributed by atoms with van der Waals surface area (Å²) in [6.07, 6.45) is 0.851. The molecule has 0 fully saturated rings. The zero-order valence-electron chi connectivity index (χ0n) is 12.1. The lowest BCUT2D eigenvalue weighted by molar-refractivity contribution is 0.0691. The zero-order chi connectivity index (χ0) is 15.8. The van der Waals surface area contributed by atoms with Crippen LogP contribution in [0.2, 0.25) is 0 Å². The number of carbonyl (C=O) groups is 1. The predicted molar refractivity (Wildman–Crippen MR) is 90.1 cm³/mol. The van der Waals surface area contributed by atoms with Gasteiger partial charge in [0.15, 0.2) is 0 Å². The van der Waals surface area contributed by atoms with E-state index in [0.29, 0.717) is 6.54 Å². The maximum Gasteiger partial charge on any atom is 0.275 e. The van der Waals surface area contributed by atoms with Gasteiger partial charge >= 0.3 is 0 Å². The molecule has 1 unspecified atom stereocenters. The highest BCUT2D eigenvalue weighted by Gasteiger charge is 2.34. The van der Waals surface area contributed by atoms with Crippen molar-refractivity contribution in [1.82, 2.24) is 15.1 Å². The average molecular weight is 343 g/mol. The first-order chi connectivity index (χ1) is 11.2. The minimum atomic E-state index is -0.310. The number of amides is 1. The standard InChI is InChI=1S/C16H13N3O2S2/c20-14-4-3-11(17-18-14)16(21)19-7-5-12-10(6-9-23-12)15(19)13-2-1-8-22-13/h1-4,6,8-9,15H,5,7H2,(H,18,20). The van der Waals surface area contributed by atoms with Gasteiger partial charge in [-0.1, -0.05) is 6.07 Å². The van der Waals surface area contributed by atoms with Crippen molar-refractivity contribution in [3.05, 3.63) is 72.5 Å². The highest BCUT2D eigenvalue weighted by molar-refractivity contribution is 7.10. The minimum Gasteiger partial charge on any atom is -0.325 e. The molecule has 1 atom stereocenters. The largest absolute Gasteiger partial charge is 0.325 e. The third-order valence-electron chi connectivity index (χ3n) is 3.94. The van der Waals surface area contributed by atoms with Crippen LogP contribution in [0.4, 0.5) is 0 Å². The maximum absolute atomic E-state index is 12.9. The molecule has 0 saturated heterocycles. The van der Waals surface area contributed by atoms with Crippen LogP contribution in [-0.4, -0.2) is 27.5 Å². The second kappa shape index (κ2) is 5.75. The lowest BCUT2D eigenvalue weighted by Crippen LogP contribution is -2.40. The van der Waals surface area contributed by atoms with Crippen molar-refractivity contribution < 1.29 is 4.79 Å². The van der Waals surface area contributed by atoms with Gasteiger partial charge in [-0.2, -0.15) is 5.10 Å². The van der Waals surface area contributed by atoms with Crippen LogP contribution in [0.25, 0.3) is 0 Å². The van der Waals surface area contributed by atoms with Crippen molar-refractivity contribution in [2.75, 3.05) is 6.54 Å². The number of nitrogens with one attached hydrogen (secondary N) is 1. The Kier molecular flexibility index (Phi) is 3.59. The van der Waals surface area contributed by atoms with Gasteiger partial charge < -0.3 is 4.90 Å². The van der Waals surface area contributed by atoms with E-state index in [1.165, 1.54) is 22.6 Å².